The molecule has 0 fully saturated rings. The van der Waals surface area contributed by atoms with Gasteiger partial charge in [-0.1, -0.05) is 68.4 Å². The lowest BCUT2D eigenvalue weighted by molar-refractivity contribution is -0.138. The van der Waals surface area contributed by atoms with Crippen LogP contribution in [0.1, 0.15) is 58.3 Å². The Morgan fingerprint density at radius 3 is 2.48 bits per heavy atom. The summed E-state index contributed by atoms with van der Waals surface area (Å²) in [5, 5.41) is 30.1. The molecule has 6 N–H and O–H groups in total. The van der Waals surface area contributed by atoms with Crippen LogP contribution in [0.4, 0.5) is 0 Å². The number of amides is 1. The van der Waals surface area contributed by atoms with Crippen LogP contribution < -0.4 is 11.1 Å². The summed E-state index contributed by atoms with van der Waals surface area (Å²) < 4.78 is 0. The predicted octanol–water partition coefficient (Wildman–Crippen LogP) is 3.34. The van der Waals surface area contributed by atoms with Crippen molar-refractivity contribution in [2.75, 3.05) is 18.9 Å². The minimum absolute atomic E-state index is 0.0813. The van der Waals surface area contributed by atoms with Crippen LogP contribution in [0, 0.1) is 0 Å². The lowest BCUT2D eigenvalue weighted by Crippen LogP contribution is -2.44. The number of aliphatic hydroxyl groups is 2. The van der Waals surface area contributed by atoms with E-state index >= 15 is 0 Å². The minimum Gasteiger partial charge on any atom is -0.480 e. The first-order chi connectivity index (χ1) is 15.9. The van der Waals surface area contributed by atoms with Gasteiger partial charge in [0.2, 0.25) is 5.91 Å². The van der Waals surface area contributed by atoms with Crippen molar-refractivity contribution >= 4 is 23.6 Å². The molecule has 0 spiro atoms. The molecule has 1 unspecified atom stereocenters. The van der Waals surface area contributed by atoms with Gasteiger partial charge in [0.15, 0.2) is 0 Å². The molecule has 0 aliphatic rings. The number of unbranched alkanes of at least 4 members (excludes halogenated alkanes) is 4. The number of nitrogens with two attached hydrogens (primary N) is 1. The number of carbonyl (C=O) groups is 2. The molecule has 0 aromatic carbocycles. The Labute approximate surface area is 202 Å². The van der Waals surface area contributed by atoms with E-state index in [1.54, 1.807) is 0 Å². The van der Waals surface area contributed by atoms with Crippen LogP contribution >= 0.6 is 11.8 Å². The van der Waals surface area contributed by atoms with E-state index in [2.05, 4.69) is 30.5 Å². The van der Waals surface area contributed by atoms with Crippen LogP contribution in [-0.2, 0) is 9.59 Å². The van der Waals surface area contributed by atoms with Crippen LogP contribution in [-0.4, -0.2) is 63.5 Å². The molecule has 0 aliphatic carbocycles. The molecule has 0 saturated heterocycles. The molecule has 0 rings (SSSR count). The zero-order chi connectivity index (χ0) is 24.7. The minimum atomic E-state index is -1.13. The number of carboxylic acid groups (broad SMARTS) is 1. The second-order valence-corrected chi connectivity index (χ2v) is 8.91. The number of hydrogen-bond donors (Lipinski definition) is 5. The van der Waals surface area contributed by atoms with E-state index in [0.29, 0.717) is 19.3 Å². The zero-order valence-electron chi connectivity index (χ0n) is 19.8. The van der Waals surface area contributed by atoms with Crippen LogP contribution in [0.3, 0.4) is 0 Å². The van der Waals surface area contributed by atoms with Crippen molar-refractivity contribution in [3.63, 3.8) is 0 Å². The summed E-state index contributed by atoms with van der Waals surface area (Å²) in [5.41, 5.74) is 5.85. The quantitative estimate of drug-likeness (QED) is 0.102. The zero-order valence-corrected chi connectivity index (χ0v) is 20.6. The van der Waals surface area contributed by atoms with Crippen molar-refractivity contribution in [2.45, 2.75) is 75.7 Å². The summed E-state index contributed by atoms with van der Waals surface area (Å²) in [7, 11) is 0. The first-order valence-electron chi connectivity index (χ1n) is 11.7. The second kappa shape index (κ2) is 21.9. The van der Waals surface area contributed by atoms with Crippen molar-refractivity contribution in [1.82, 2.24) is 5.32 Å². The first-order valence-corrected chi connectivity index (χ1v) is 12.8. The van der Waals surface area contributed by atoms with E-state index in [-0.39, 0.29) is 17.6 Å². The highest BCUT2D eigenvalue weighted by molar-refractivity contribution is 8.00. The van der Waals surface area contributed by atoms with E-state index in [1.165, 1.54) is 31.0 Å². The van der Waals surface area contributed by atoms with Crippen molar-refractivity contribution in [2.24, 2.45) is 5.73 Å². The van der Waals surface area contributed by atoms with Gasteiger partial charge in [-0.3, -0.25) is 9.59 Å². The van der Waals surface area contributed by atoms with Crippen molar-refractivity contribution in [3.05, 3.63) is 48.6 Å². The predicted molar refractivity (Wildman–Crippen MR) is 137 cm³/mol. The fourth-order valence-corrected chi connectivity index (χ4v) is 3.91. The maximum absolute atomic E-state index is 11.9. The Balaban J connectivity index is 4.62. The number of aliphatic hydroxyl groups excluding tert-OH is 2. The fraction of sp³-hybridized carbons (Fsp3) is 0.600. The molecule has 0 aromatic heterocycles. The summed E-state index contributed by atoms with van der Waals surface area (Å²) in [6.07, 6.45) is 22.9. The van der Waals surface area contributed by atoms with Gasteiger partial charge in [0.25, 0.3) is 0 Å². The molecule has 33 heavy (non-hydrogen) atoms. The highest BCUT2D eigenvalue weighted by Gasteiger charge is 2.20. The van der Waals surface area contributed by atoms with Gasteiger partial charge in [0, 0.05) is 17.6 Å². The third-order valence-electron chi connectivity index (χ3n) is 4.69. The number of nitrogens with one attached hydrogen (secondary N) is 1. The molecule has 0 bridgehead atoms. The Hall–Kier alpha value is -1.87. The van der Waals surface area contributed by atoms with Crippen LogP contribution in [0.15, 0.2) is 48.6 Å². The highest BCUT2D eigenvalue weighted by atomic mass is 32.2. The molecular weight excluding hydrogens is 440 g/mol. The molecule has 188 valence electrons. The lowest BCUT2D eigenvalue weighted by atomic mass is 10.1. The Morgan fingerprint density at radius 1 is 1.03 bits per heavy atom. The molecule has 0 saturated carbocycles. The van der Waals surface area contributed by atoms with Crippen molar-refractivity contribution in [3.8, 4) is 0 Å². The smallest absolute Gasteiger partial charge is 0.322 e. The SMILES string of the molecule is CCCCCC=CCC=CC=CC=C[C@H](SCC(N)C(=O)NCC(=O)O)[C@H](O)CCCCO. The number of thioether (sulfide) groups is 1. The third kappa shape index (κ3) is 19.3. The van der Waals surface area contributed by atoms with E-state index in [9.17, 15) is 14.7 Å². The van der Waals surface area contributed by atoms with Crippen LogP contribution in [0.2, 0.25) is 0 Å². The number of hydrogen-bond acceptors (Lipinski definition) is 6. The van der Waals surface area contributed by atoms with Gasteiger partial charge in [-0.25, -0.2) is 0 Å². The maximum Gasteiger partial charge on any atom is 0.322 e. The molecule has 0 heterocycles. The number of carbonyl (C=O) groups excluding carboxylic acids is 1. The topological polar surface area (TPSA) is 133 Å². The third-order valence-corrected chi connectivity index (χ3v) is 6.10. The van der Waals surface area contributed by atoms with Crippen molar-refractivity contribution in [1.29, 1.82) is 0 Å². The Morgan fingerprint density at radius 2 is 1.79 bits per heavy atom. The van der Waals surface area contributed by atoms with E-state index in [1.807, 2.05) is 30.4 Å². The van der Waals surface area contributed by atoms with Gasteiger partial charge < -0.3 is 26.4 Å². The Bertz CT molecular complexity index is 634. The fourth-order valence-electron chi connectivity index (χ4n) is 2.77. The van der Waals surface area contributed by atoms with E-state index in [4.69, 9.17) is 15.9 Å². The highest BCUT2D eigenvalue weighted by Crippen LogP contribution is 2.21. The molecule has 0 aromatic rings. The van der Waals surface area contributed by atoms with E-state index in [0.717, 1.165) is 12.8 Å². The molecular formula is C25H42N2O5S. The largest absolute Gasteiger partial charge is 0.480 e. The van der Waals surface area contributed by atoms with Gasteiger partial charge in [-0.15, -0.1) is 11.8 Å². The summed E-state index contributed by atoms with van der Waals surface area (Å²) in [4.78, 5) is 22.4. The normalized spacial score (nSPS) is 15.0. The molecule has 8 heteroatoms. The molecule has 0 aliphatic heterocycles. The van der Waals surface area contributed by atoms with E-state index < -0.39 is 30.6 Å². The standard InChI is InChI=1S/C25H42N2O5S/c1-2-3-4-5-6-7-8-9-10-11-12-13-17-23(22(29)16-14-15-18-28)33-20-21(26)25(32)27-19-24(30)31/h6-7,9-13,17,21-23,28-29H,2-5,8,14-16,18-20,26H2,1H3,(H,27,32)(H,30,31)/t21?,22-,23+/m1/s1. The summed E-state index contributed by atoms with van der Waals surface area (Å²) in [6.45, 7) is 1.81. The van der Waals surface area contributed by atoms with Gasteiger partial charge in [-0.05, 0) is 38.5 Å². The van der Waals surface area contributed by atoms with Gasteiger partial charge in [0.05, 0.1) is 12.1 Å². The average Bonchev–Trinajstić information content (AvgIpc) is 2.79. The lowest BCUT2D eigenvalue weighted by Gasteiger charge is -2.21. The number of allylic oxidation sites excluding steroid dienone is 7. The van der Waals surface area contributed by atoms with Gasteiger partial charge in [0.1, 0.15) is 6.54 Å². The van der Waals surface area contributed by atoms with Crippen LogP contribution in [0.5, 0.6) is 0 Å². The van der Waals surface area contributed by atoms with Gasteiger partial charge >= 0.3 is 5.97 Å². The molecule has 3 atom stereocenters. The second-order valence-electron chi connectivity index (χ2n) is 7.70. The monoisotopic (exact) mass is 482 g/mol. The van der Waals surface area contributed by atoms with Crippen LogP contribution in [0.25, 0.3) is 0 Å². The Kier molecular flexibility index (Phi) is 20.7. The average molecular weight is 483 g/mol. The maximum atomic E-state index is 11.9. The van der Waals surface area contributed by atoms with Crippen molar-refractivity contribution < 1.29 is 24.9 Å². The first kappa shape index (κ1) is 31.1. The summed E-state index contributed by atoms with van der Waals surface area (Å²) in [5.74, 6) is -1.43. The number of carboxylic acids is 1. The number of aliphatic carboxylic acids is 1. The number of rotatable bonds is 20. The van der Waals surface area contributed by atoms with Gasteiger partial charge in [-0.2, -0.15) is 0 Å². The molecule has 1 amide bonds. The molecule has 0 radical (unpaired) electrons. The molecule has 7 nitrogen and oxygen atoms in total. The summed E-state index contributed by atoms with van der Waals surface area (Å²) >= 11 is 1.35. The summed E-state index contributed by atoms with van der Waals surface area (Å²) in [6, 6.07) is -0.872.